The normalized spacial score (nSPS) is 24.8. The Kier molecular flexibility index (Phi) is 6.07. The van der Waals surface area contributed by atoms with Gasteiger partial charge in [-0.05, 0) is 50.9 Å². The molecule has 1 aliphatic rings. The molecule has 0 aliphatic carbocycles. The van der Waals surface area contributed by atoms with Gasteiger partial charge < -0.3 is 10.1 Å². The first-order valence-electron chi connectivity index (χ1n) is 8.28. The zero-order chi connectivity index (χ0) is 15.2. The summed E-state index contributed by atoms with van der Waals surface area (Å²) in [6.45, 7) is 8.99. The van der Waals surface area contributed by atoms with Crippen LogP contribution in [0.2, 0.25) is 0 Å². The fourth-order valence-corrected chi connectivity index (χ4v) is 3.42. The second kappa shape index (κ2) is 7.81. The molecule has 1 aliphatic heterocycles. The first kappa shape index (κ1) is 16.3. The van der Waals surface area contributed by atoms with Gasteiger partial charge >= 0.3 is 0 Å². The van der Waals surface area contributed by atoms with E-state index in [9.17, 15) is 0 Å². The number of ether oxygens (including phenoxy) is 1. The van der Waals surface area contributed by atoms with E-state index >= 15 is 0 Å². The molecule has 3 atom stereocenters. The second-order valence-electron chi connectivity index (χ2n) is 6.21. The Morgan fingerprint density at radius 2 is 1.81 bits per heavy atom. The van der Waals surface area contributed by atoms with Gasteiger partial charge in [-0.3, -0.25) is 4.90 Å². The highest BCUT2D eigenvalue weighted by atomic mass is 16.5. The van der Waals surface area contributed by atoms with E-state index in [4.69, 9.17) is 4.74 Å². The Labute approximate surface area is 129 Å². The lowest BCUT2D eigenvalue weighted by atomic mass is 9.95. The SMILES string of the molecule is CCNC(CN1[C@H](C)CCC[C@@H]1C)c1ccc(OC)cc1. The van der Waals surface area contributed by atoms with Crippen molar-refractivity contribution in [3.63, 3.8) is 0 Å². The molecule has 1 saturated heterocycles. The van der Waals surface area contributed by atoms with Gasteiger partial charge in [-0.15, -0.1) is 0 Å². The second-order valence-corrected chi connectivity index (χ2v) is 6.21. The first-order valence-corrected chi connectivity index (χ1v) is 8.28. The minimum atomic E-state index is 0.393. The van der Waals surface area contributed by atoms with Gasteiger partial charge in [0.1, 0.15) is 5.75 Å². The van der Waals surface area contributed by atoms with Gasteiger partial charge in [0, 0.05) is 24.7 Å². The molecule has 0 radical (unpaired) electrons. The summed E-state index contributed by atoms with van der Waals surface area (Å²) >= 11 is 0. The maximum Gasteiger partial charge on any atom is 0.118 e. The number of likely N-dealkylation sites (tertiary alicyclic amines) is 1. The summed E-state index contributed by atoms with van der Waals surface area (Å²) < 4.78 is 5.26. The fraction of sp³-hybridized carbons (Fsp3) is 0.667. The van der Waals surface area contributed by atoms with Gasteiger partial charge in [-0.1, -0.05) is 25.5 Å². The molecule has 0 saturated carbocycles. The molecule has 0 aromatic heterocycles. The van der Waals surface area contributed by atoms with Crippen molar-refractivity contribution >= 4 is 0 Å². The van der Waals surface area contributed by atoms with Crippen LogP contribution in [0.5, 0.6) is 5.75 Å². The topological polar surface area (TPSA) is 24.5 Å². The van der Waals surface area contributed by atoms with Crippen molar-refractivity contribution in [2.45, 2.75) is 58.2 Å². The Balaban J connectivity index is 2.10. The summed E-state index contributed by atoms with van der Waals surface area (Å²) in [5.41, 5.74) is 1.35. The monoisotopic (exact) mass is 290 g/mol. The largest absolute Gasteiger partial charge is 0.497 e. The van der Waals surface area contributed by atoms with Crippen molar-refractivity contribution in [1.29, 1.82) is 0 Å². The molecule has 118 valence electrons. The number of benzene rings is 1. The standard InChI is InChI=1S/C18H30N2O/c1-5-19-18(16-9-11-17(21-4)12-10-16)13-20-14(2)7-6-8-15(20)3/h9-12,14-15,18-19H,5-8,13H2,1-4H3/t14-,15+,18?. The zero-order valence-electron chi connectivity index (χ0n) is 13.9. The Morgan fingerprint density at radius 3 is 2.33 bits per heavy atom. The third-order valence-electron chi connectivity index (χ3n) is 4.74. The highest BCUT2D eigenvalue weighted by Crippen LogP contribution is 2.26. The molecular weight excluding hydrogens is 260 g/mol. The third-order valence-corrected chi connectivity index (χ3v) is 4.74. The maximum atomic E-state index is 5.26. The summed E-state index contributed by atoms with van der Waals surface area (Å²) in [6, 6.07) is 10.3. The van der Waals surface area contributed by atoms with E-state index in [0.717, 1.165) is 18.8 Å². The number of rotatable bonds is 6. The van der Waals surface area contributed by atoms with Gasteiger partial charge in [0.15, 0.2) is 0 Å². The van der Waals surface area contributed by atoms with Crippen LogP contribution in [-0.2, 0) is 0 Å². The zero-order valence-corrected chi connectivity index (χ0v) is 13.9. The van der Waals surface area contributed by atoms with E-state index in [2.05, 4.69) is 55.3 Å². The Bertz CT molecular complexity index is 408. The summed E-state index contributed by atoms with van der Waals surface area (Å²) in [4.78, 5) is 2.67. The number of hydrogen-bond donors (Lipinski definition) is 1. The molecule has 21 heavy (non-hydrogen) atoms. The minimum Gasteiger partial charge on any atom is -0.497 e. The molecule has 2 rings (SSSR count). The van der Waals surface area contributed by atoms with Crippen LogP contribution < -0.4 is 10.1 Å². The molecule has 1 fully saturated rings. The summed E-state index contributed by atoms with van der Waals surface area (Å²) in [5.74, 6) is 0.925. The van der Waals surface area contributed by atoms with E-state index in [1.54, 1.807) is 7.11 Å². The molecule has 3 nitrogen and oxygen atoms in total. The van der Waals surface area contributed by atoms with Crippen LogP contribution in [-0.4, -0.2) is 37.2 Å². The molecule has 3 heteroatoms. The van der Waals surface area contributed by atoms with Crippen LogP contribution in [0.25, 0.3) is 0 Å². The van der Waals surface area contributed by atoms with E-state index < -0.39 is 0 Å². The van der Waals surface area contributed by atoms with Crippen LogP contribution >= 0.6 is 0 Å². The van der Waals surface area contributed by atoms with Gasteiger partial charge in [0.25, 0.3) is 0 Å². The van der Waals surface area contributed by atoms with E-state index in [-0.39, 0.29) is 0 Å². The predicted octanol–water partition coefficient (Wildman–Crippen LogP) is 3.61. The van der Waals surface area contributed by atoms with Crippen molar-refractivity contribution in [2.24, 2.45) is 0 Å². The highest BCUT2D eigenvalue weighted by Gasteiger charge is 2.27. The molecule has 1 heterocycles. The quantitative estimate of drug-likeness (QED) is 0.866. The minimum absolute atomic E-state index is 0.393. The molecule has 0 spiro atoms. The molecule has 1 unspecified atom stereocenters. The number of hydrogen-bond acceptors (Lipinski definition) is 3. The van der Waals surface area contributed by atoms with Crippen LogP contribution in [0, 0.1) is 0 Å². The maximum absolute atomic E-state index is 5.26. The molecule has 0 amide bonds. The highest BCUT2D eigenvalue weighted by molar-refractivity contribution is 5.29. The van der Waals surface area contributed by atoms with Gasteiger partial charge in [0.2, 0.25) is 0 Å². The fourth-order valence-electron chi connectivity index (χ4n) is 3.42. The van der Waals surface area contributed by atoms with Gasteiger partial charge in [0.05, 0.1) is 7.11 Å². The van der Waals surface area contributed by atoms with Crippen LogP contribution in [0.15, 0.2) is 24.3 Å². The molecule has 0 bridgehead atoms. The predicted molar refractivity (Wildman–Crippen MR) is 88.9 cm³/mol. The lowest BCUT2D eigenvalue weighted by molar-refractivity contribution is 0.0911. The van der Waals surface area contributed by atoms with Crippen LogP contribution in [0.3, 0.4) is 0 Å². The smallest absolute Gasteiger partial charge is 0.118 e. The van der Waals surface area contributed by atoms with Crippen LogP contribution in [0.1, 0.15) is 51.6 Å². The summed E-state index contributed by atoms with van der Waals surface area (Å²) in [7, 11) is 1.72. The van der Waals surface area contributed by atoms with Crippen LogP contribution in [0.4, 0.5) is 0 Å². The number of piperidine rings is 1. The molecule has 1 aromatic carbocycles. The van der Waals surface area contributed by atoms with Crippen molar-refractivity contribution in [3.8, 4) is 5.75 Å². The molecule has 1 aromatic rings. The lowest BCUT2D eigenvalue weighted by Crippen LogP contribution is -2.47. The molecule has 1 N–H and O–H groups in total. The first-order chi connectivity index (χ1) is 10.2. The average molecular weight is 290 g/mol. The number of nitrogens with one attached hydrogen (secondary N) is 1. The van der Waals surface area contributed by atoms with Crippen molar-refractivity contribution in [2.75, 3.05) is 20.2 Å². The number of methoxy groups -OCH3 is 1. The van der Waals surface area contributed by atoms with Gasteiger partial charge in [-0.25, -0.2) is 0 Å². The summed E-state index contributed by atoms with van der Waals surface area (Å²) in [5, 5.41) is 3.64. The Morgan fingerprint density at radius 1 is 1.19 bits per heavy atom. The van der Waals surface area contributed by atoms with E-state index in [1.165, 1.54) is 24.8 Å². The third kappa shape index (κ3) is 4.21. The number of likely N-dealkylation sites (N-methyl/N-ethyl adjacent to an activating group) is 1. The number of nitrogens with zero attached hydrogens (tertiary/aromatic N) is 1. The lowest BCUT2D eigenvalue weighted by Gasteiger charge is -2.41. The Hall–Kier alpha value is -1.06. The van der Waals surface area contributed by atoms with Gasteiger partial charge in [-0.2, -0.15) is 0 Å². The molecular formula is C18H30N2O. The van der Waals surface area contributed by atoms with Crippen molar-refractivity contribution < 1.29 is 4.74 Å². The van der Waals surface area contributed by atoms with E-state index in [0.29, 0.717) is 18.1 Å². The van der Waals surface area contributed by atoms with Crippen molar-refractivity contribution in [3.05, 3.63) is 29.8 Å². The average Bonchev–Trinajstić information content (AvgIpc) is 2.50. The summed E-state index contributed by atoms with van der Waals surface area (Å²) in [6.07, 6.45) is 4.02. The van der Waals surface area contributed by atoms with E-state index in [1.807, 2.05) is 0 Å². The van der Waals surface area contributed by atoms with Crippen molar-refractivity contribution in [1.82, 2.24) is 10.2 Å².